The Morgan fingerprint density at radius 3 is 2.65 bits per heavy atom. The number of carbonyl (C=O) groups excluding carboxylic acids is 2. The molecule has 3 amide bonds. The Kier molecular flexibility index (Phi) is 6.80. The summed E-state index contributed by atoms with van der Waals surface area (Å²) >= 11 is 0. The van der Waals surface area contributed by atoms with Crippen molar-refractivity contribution in [2.24, 2.45) is 5.73 Å². The molecule has 3 N–H and O–H groups in total. The van der Waals surface area contributed by atoms with E-state index in [0.717, 1.165) is 0 Å². The molecule has 2 fully saturated rings. The number of urea groups is 1. The zero-order chi connectivity index (χ0) is 16.5. The number of nitrogens with zero attached hydrogens (tertiary/aromatic N) is 2. The number of hydrogen-bond acceptors (Lipinski definition) is 8. The molecule has 0 aliphatic carbocycles. The van der Waals surface area contributed by atoms with Crippen LogP contribution in [-0.4, -0.2) is 66.0 Å². The predicted molar refractivity (Wildman–Crippen MR) is 69.0 cm³/mol. The van der Waals surface area contributed by atoms with E-state index in [1.165, 1.54) is 4.90 Å². The number of hydroxylamine groups is 2. The van der Waals surface area contributed by atoms with Gasteiger partial charge in [-0.1, -0.05) is 0 Å². The molecule has 0 radical (unpaired) electrons. The Morgan fingerprint density at radius 2 is 2.09 bits per heavy atom. The summed E-state index contributed by atoms with van der Waals surface area (Å²) in [6.45, 7) is 0.0475. The number of primary amides is 1. The summed E-state index contributed by atoms with van der Waals surface area (Å²) in [5.74, 6) is -0.797. The van der Waals surface area contributed by atoms with Crippen molar-refractivity contribution in [1.82, 2.24) is 9.96 Å². The normalized spacial score (nSPS) is 23.4. The third kappa shape index (κ3) is 5.02. The number of hydrogen-bond donors (Lipinski definition) is 2. The summed E-state index contributed by atoms with van der Waals surface area (Å²) in [5.41, 5.74) is 4.95. The molecule has 11 nitrogen and oxygen atoms in total. The van der Waals surface area contributed by atoms with Crippen molar-refractivity contribution < 1.29 is 61.1 Å². The molecule has 2 aliphatic rings. The van der Waals surface area contributed by atoms with Gasteiger partial charge in [0.2, 0.25) is 22.2 Å². The van der Waals surface area contributed by atoms with Crippen LogP contribution in [0.5, 0.6) is 0 Å². The van der Waals surface area contributed by atoms with Crippen LogP contribution >= 0.6 is 0 Å². The minimum atomic E-state index is -5.05. The first kappa shape index (κ1) is 20.1. The van der Waals surface area contributed by atoms with E-state index in [1.54, 1.807) is 0 Å². The van der Waals surface area contributed by atoms with Crippen LogP contribution in [0.4, 0.5) is 4.79 Å². The van der Waals surface area contributed by atoms with E-state index in [9.17, 15) is 22.6 Å². The first-order valence-electron chi connectivity index (χ1n) is 6.44. The van der Waals surface area contributed by atoms with Gasteiger partial charge in [0, 0.05) is 6.54 Å². The average Bonchev–Trinajstić information content (AvgIpc) is 2.62. The van der Waals surface area contributed by atoms with Crippen LogP contribution in [0.15, 0.2) is 0 Å². The second-order valence-electron chi connectivity index (χ2n) is 4.92. The summed E-state index contributed by atoms with van der Waals surface area (Å²) in [6, 6.07) is -2.07. The molecule has 2 bridgehead atoms. The molecule has 2 heterocycles. The van der Waals surface area contributed by atoms with Gasteiger partial charge in [-0.25, -0.2) is 13.2 Å². The number of nitrogens with one attached hydrogen (secondary N) is 1. The van der Waals surface area contributed by atoms with Gasteiger partial charge in [0.25, 0.3) is 0 Å². The number of nitrogens with two attached hydrogens (primary N) is 1. The Hall–Kier alpha value is -0.920. The molecule has 2 rings (SSSR count). The SMILES string of the molecule is N=C(OCCC(N)=O)[C@@H]1CC[C@@H]2CN1C(=O)N2OS(=O)(=O)[O-].[Na+]. The maximum absolute atomic E-state index is 12.1. The van der Waals surface area contributed by atoms with Crippen molar-refractivity contribution in [3.05, 3.63) is 0 Å². The van der Waals surface area contributed by atoms with Gasteiger partial charge in [-0.15, -0.1) is 0 Å². The fourth-order valence-corrected chi connectivity index (χ4v) is 2.84. The van der Waals surface area contributed by atoms with E-state index in [2.05, 4.69) is 4.28 Å². The Balaban J connectivity index is 0.00000264. The maximum atomic E-state index is 12.1. The molecule has 0 unspecified atom stereocenters. The molecule has 2 aliphatic heterocycles. The van der Waals surface area contributed by atoms with Gasteiger partial charge in [-0.3, -0.25) is 10.2 Å². The third-order valence-electron chi connectivity index (χ3n) is 3.40. The standard InChI is InChI=1S/C10H16N4O7S.Na/c11-8(15)3-4-20-9(12)7-2-1-6-5-13(7)10(16)14(6)21-22(17,18)19;/h6-7,12H,1-5H2,(H2,11,15)(H,17,18,19);/q;+1/p-1/t6-,7+;/m1./s1. The zero-order valence-electron chi connectivity index (χ0n) is 12.4. The van der Waals surface area contributed by atoms with E-state index in [-0.39, 0.29) is 55.0 Å². The van der Waals surface area contributed by atoms with E-state index in [4.69, 9.17) is 15.9 Å². The molecular weight excluding hydrogens is 343 g/mol. The number of rotatable bonds is 6. The zero-order valence-corrected chi connectivity index (χ0v) is 15.2. The molecule has 13 heteroatoms. The van der Waals surface area contributed by atoms with Crippen LogP contribution in [-0.2, 0) is 24.2 Å². The van der Waals surface area contributed by atoms with Gasteiger partial charge in [-0.05, 0) is 12.8 Å². The molecule has 0 saturated carbocycles. The van der Waals surface area contributed by atoms with Crippen molar-refractivity contribution in [3.63, 3.8) is 0 Å². The molecule has 23 heavy (non-hydrogen) atoms. The van der Waals surface area contributed by atoms with Crippen molar-refractivity contribution in [3.8, 4) is 0 Å². The molecule has 2 atom stereocenters. The van der Waals surface area contributed by atoms with Crippen molar-refractivity contribution in [2.45, 2.75) is 31.3 Å². The number of fused-ring (bicyclic) bond motifs is 2. The van der Waals surface area contributed by atoms with E-state index in [1.807, 2.05) is 0 Å². The predicted octanol–water partition coefficient (Wildman–Crippen LogP) is -4.48. The Bertz CT molecular complexity index is 598. The van der Waals surface area contributed by atoms with E-state index in [0.29, 0.717) is 17.9 Å². The topological polar surface area (TPSA) is 166 Å². The monoisotopic (exact) mass is 358 g/mol. The molecule has 0 aromatic rings. The van der Waals surface area contributed by atoms with Crippen molar-refractivity contribution in [1.29, 1.82) is 5.41 Å². The molecule has 124 valence electrons. The van der Waals surface area contributed by atoms with Gasteiger partial charge in [0.05, 0.1) is 19.1 Å². The molecule has 2 saturated heterocycles. The summed E-state index contributed by atoms with van der Waals surface area (Å²) in [4.78, 5) is 23.9. The Morgan fingerprint density at radius 1 is 1.43 bits per heavy atom. The van der Waals surface area contributed by atoms with Crippen LogP contribution < -0.4 is 35.3 Å². The summed E-state index contributed by atoms with van der Waals surface area (Å²) < 4.78 is 41.2. The van der Waals surface area contributed by atoms with Crippen molar-refractivity contribution in [2.75, 3.05) is 13.2 Å². The second kappa shape index (κ2) is 7.77. The fraction of sp³-hybridized carbons (Fsp3) is 0.700. The molecular formula is C10H15N4NaO7S. The first-order chi connectivity index (χ1) is 10.2. The quantitative estimate of drug-likeness (QED) is 0.159. The van der Waals surface area contributed by atoms with Crippen molar-refractivity contribution >= 4 is 28.2 Å². The molecule has 0 spiro atoms. The molecule has 0 aromatic heterocycles. The van der Waals surface area contributed by atoms with Crippen LogP contribution in [0, 0.1) is 5.41 Å². The summed E-state index contributed by atoms with van der Waals surface area (Å²) in [6.07, 6.45) is 0.643. The second-order valence-corrected chi connectivity index (χ2v) is 5.89. The number of ether oxygens (including phenoxy) is 1. The average molecular weight is 358 g/mol. The minimum Gasteiger partial charge on any atom is -0.724 e. The van der Waals surface area contributed by atoms with Crippen LogP contribution in [0.2, 0.25) is 0 Å². The van der Waals surface area contributed by atoms with Gasteiger partial charge >= 0.3 is 35.6 Å². The maximum Gasteiger partial charge on any atom is 1.00 e. The van der Waals surface area contributed by atoms with Crippen LogP contribution in [0.25, 0.3) is 0 Å². The third-order valence-corrected chi connectivity index (χ3v) is 3.75. The van der Waals surface area contributed by atoms with Gasteiger partial charge in [0.1, 0.15) is 6.04 Å². The summed E-state index contributed by atoms with van der Waals surface area (Å²) in [7, 11) is -5.05. The van der Waals surface area contributed by atoms with E-state index < -0.39 is 34.4 Å². The van der Waals surface area contributed by atoms with Crippen LogP contribution in [0.3, 0.4) is 0 Å². The smallest absolute Gasteiger partial charge is 0.724 e. The fourth-order valence-electron chi connectivity index (χ4n) is 2.46. The first-order valence-corrected chi connectivity index (χ1v) is 7.77. The van der Waals surface area contributed by atoms with Gasteiger partial charge < -0.3 is 19.9 Å². The minimum absolute atomic E-state index is 0. The Labute approximate surface area is 154 Å². The van der Waals surface area contributed by atoms with Gasteiger partial charge in [0.15, 0.2) is 0 Å². The number of piperidine rings is 1. The molecule has 0 aromatic carbocycles. The number of amides is 3. The van der Waals surface area contributed by atoms with E-state index >= 15 is 0 Å². The largest absolute Gasteiger partial charge is 1.00 e. The van der Waals surface area contributed by atoms with Crippen LogP contribution in [0.1, 0.15) is 19.3 Å². The van der Waals surface area contributed by atoms with Gasteiger partial charge in [-0.2, -0.15) is 9.35 Å². The summed E-state index contributed by atoms with van der Waals surface area (Å²) in [5, 5.41) is 8.33. The number of carbonyl (C=O) groups is 2.